The van der Waals surface area contributed by atoms with Gasteiger partial charge >= 0.3 is 0 Å². The SMILES string of the molecule is Cc1cn(C)c(C2CCN(C(=O)c3ccc4c(c3)OCCO4)C2)n1. The van der Waals surface area contributed by atoms with E-state index in [4.69, 9.17) is 9.47 Å². The summed E-state index contributed by atoms with van der Waals surface area (Å²) in [5, 5.41) is 0. The second-order valence-electron chi connectivity index (χ2n) is 6.45. The van der Waals surface area contributed by atoms with E-state index in [0.717, 1.165) is 24.5 Å². The molecule has 126 valence electrons. The van der Waals surface area contributed by atoms with Gasteiger partial charge in [-0.15, -0.1) is 0 Å². The van der Waals surface area contributed by atoms with Crippen LogP contribution >= 0.6 is 0 Å². The van der Waals surface area contributed by atoms with Crippen LogP contribution in [-0.4, -0.2) is 46.7 Å². The summed E-state index contributed by atoms with van der Waals surface area (Å²) in [6.45, 7) is 4.53. The Morgan fingerprint density at radius 3 is 2.79 bits per heavy atom. The van der Waals surface area contributed by atoms with Gasteiger partial charge in [0.1, 0.15) is 19.0 Å². The Hall–Kier alpha value is -2.50. The molecule has 24 heavy (non-hydrogen) atoms. The minimum atomic E-state index is 0.0420. The summed E-state index contributed by atoms with van der Waals surface area (Å²) in [6, 6.07) is 5.42. The lowest BCUT2D eigenvalue weighted by molar-refractivity contribution is 0.0789. The fourth-order valence-corrected chi connectivity index (χ4v) is 3.53. The van der Waals surface area contributed by atoms with Crippen LogP contribution in [0.3, 0.4) is 0 Å². The number of carbonyl (C=O) groups is 1. The second kappa shape index (κ2) is 5.85. The molecular formula is C18H21N3O3. The van der Waals surface area contributed by atoms with Crippen molar-refractivity contribution in [3.63, 3.8) is 0 Å². The lowest BCUT2D eigenvalue weighted by Crippen LogP contribution is -2.29. The third kappa shape index (κ3) is 2.62. The predicted octanol–water partition coefficient (Wildman–Crippen LogP) is 2.13. The quantitative estimate of drug-likeness (QED) is 0.848. The number of benzene rings is 1. The summed E-state index contributed by atoms with van der Waals surface area (Å²) in [4.78, 5) is 19.3. The number of hydrogen-bond donors (Lipinski definition) is 0. The first-order valence-corrected chi connectivity index (χ1v) is 8.30. The van der Waals surface area contributed by atoms with Crippen LogP contribution in [0.1, 0.15) is 34.2 Å². The van der Waals surface area contributed by atoms with E-state index < -0.39 is 0 Å². The number of amides is 1. The fraction of sp³-hybridized carbons (Fsp3) is 0.444. The molecule has 1 aromatic carbocycles. The molecule has 0 bridgehead atoms. The highest BCUT2D eigenvalue weighted by Gasteiger charge is 2.30. The highest BCUT2D eigenvalue weighted by molar-refractivity contribution is 5.95. The molecule has 1 amide bonds. The zero-order chi connectivity index (χ0) is 16.7. The average molecular weight is 327 g/mol. The van der Waals surface area contributed by atoms with Gasteiger partial charge in [0.05, 0.1) is 5.69 Å². The van der Waals surface area contributed by atoms with Crippen molar-refractivity contribution in [2.24, 2.45) is 7.05 Å². The Kier molecular flexibility index (Phi) is 3.67. The summed E-state index contributed by atoms with van der Waals surface area (Å²) < 4.78 is 13.2. The van der Waals surface area contributed by atoms with Gasteiger partial charge in [0.15, 0.2) is 11.5 Å². The Balaban J connectivity index is 1.50. The van der Waals surface area contributed by atoms with E-state index in [2.05, 4.69) is 9.55 Å². The van der Waals surface area contributed by atoms with Crippen molar-refractivity contribution in [3.8, 4) is 11.5 Å². The lowest BCUT2D eigenvalue weighted by atomic mass is 10.1. The van der Waals surface area contributed by atoms with Crippen LogP contribution in [-0.2, 0) is 7.05 Å². The Bertz CT molecular complexity index is 784. The first-order valence-electron chi connectivity index (χ1n) is 8.30. The summed E-state index contributed by atoms with van der Waals surface area (Å²) in [5.74, 6) is 2.76. The molecule has 0 saturated carbocycles. The van der Waals surface area contributed by atoms with Gasteiger partial charge in [0, 0.05) is 37.8 Å². The highest BCUT2D eigenvalue weighted by atomic mass is 16.6. The molecule has 1 unspecified atom stereocenters. The average Bonchev–Trinajstić information content (AvgIpc) is 3.20. The molecule has 1 fully saturated rings. The number of ether oxygens (including phenoxy) is 2. The molecule has 2 aliphatic rings. The van der Waals surface area contributed by atoms with Gasteiger partial charge in [-0.25, -0.2) is 4.98 Å². The highest BCUT2D eigenvalue weighted by Crippen LogP contribution is 2.32. The summed E-state index contributed by atoms with van der Waals surface area (Å²) in [5.41, 5.74) is 1.67. The molecule has 0 radical (unpaired) electrons. The largest absolute Gasteiger partial charge is 0.486 e. The van der Waals surface area contributed by atoms with Crippen molar-refractivity contribution < 1.29 is 14.3 Å². The molecule has 1 atom stereocenters. The minimum Gasteiger partial charge on any atom is -0.486 e. The van der Waals surface area contributed by atoms with Crippen LogP contribution in [0.5, 0.6) is 11.5 Å². The third-order valence-electron chi connectivity index (χ3n) is 4.66. The maximum Gasteiger partial charge on any atom is 0.254 e. The molecule has 0 N–H and O–H groups in total. The van der Waals surface area contributed by atoms with E-state index in [1.165, 1.54) is 0 Å². The van der Waals surface area contributed by atoms with E-state index in [9.17, 15) is 4.79 Å². The molecule has 6 heteroatoms. The molecular weight excluding hydrogens is 306 g/mol. The molecule has 2 aromatic rings. The standard InChI is InChI=1S/C18H21N3O3/c1-12-10-20(2)17(19-12)14-5-6-21(11-14)18(22)13-3-4-15-16(9-13)24-8-7-23-15/h3-4,9-10,14H,5-8,11H2,1-2H3. The third-order valence-corrected chi connectivity index (χ3v) is 4.66. The van der Waals surface area contributed by atoms with Crippen molar-refractivity contribution in [1.29, 1.82) is 0 Å². The van der Waals surface area contributed by atoms with E-state index >= 15 is 0 Å². The van der Waals surface area contributed by atoms with Crippen LogP contribution in [0.4, 0.5) is 0 Å². The molecule has 4 rings (SSSR count). The van der Waals surface area contributed by atoms with E-state index in [1.807, 2.05) is 37.2 Å². The Morgan fingerprint density at radius 2 is 2.04 bits per heavy atom. The van der Waals surface area contributed by atoms with Gasteiger partial charge in [0.2, 0.25) is 0 Å². The molecule has 3 heterocycles. The van der Waals surface area contributed by atoms with Crippen molar-refractivity contribution in [3.05, 3.63) is 41.5 Å². The van der Waals surface area contributed by atoms with Gasteiger partial charge in [-0.05, 0) is 31.5 Å². The molecule has 0 spiro atoms. The number of rotatable bonds is 2. The van der Waals surface area contributed by atoms with Crippen LogP contribution in [0, 0.1) is 6.92 Å². The number of aryl methyl sites for hydroxylation is 2. The van der Waals surface area contributed by atoms with Gasteiger partial charge in [-0.3, -0.25) is 4.79 Å². The van der Waals surface area contributed by atoms with Crippen molar-refractivity contribution in [2.45, 2.75) is 19.3 Å². The van der Waals surface area contributed by atoms with Crippen LogP contribution < -0.4 is 9.47 Å². The smallest absolute Gasteiger partial charge is 0.254 e. The van der Waals surface area contributed by atoms with Crippen LogP contribution in [0.25, 0.3) is 0 Å². The number of carbonyl (C=O) groups excluding carboxylic acids is 1. The van der Waals surface area contributed by atoms with Crippen LogP contribution in [0.15, 0.2) is 24.4 Å². The fourth-order valence-electron chi connectivity index (χ4n) is 3.53. The van der Waals surface area contributed by atoms with Gasteiger partial charge < -0.3 is 18.9 Å². The van der Waals surface area contributed by atoms with E-state index in [1.54, 1.807) is 6.07 Å². The first kappa shape index (κ1) is 15.1. The molecule has 6 nitrogen and oxygen atoms in total. The van der Waals surface area contributed by atoms with E-state index in [0.29, 0.717) is 42.7 Å². The zero-order valence-corrected chi connectivity index (χ0v) is 14.0. The molecule has 0 aliphatic carbocycles. The van der Waals surface area contributed by atoms with E-state index in [-0.39, 0.29) is 5.91 Å². The summed E-state index contributed by atoms with van der Waals surface area (Å²) in [7, 11) is 2.01. The summed E-state index contributed by atoms with van der Waals surface area (Å²) >= 11 is 0. The predicted molar refractivity (Wildman–Crippen MR) is 88.6 cm³/mol. The Labute approximate surface area is 141 Å². The molecule has 1 aromatic heterocycles. The number of hydrogen-bond acceptors (Lipinski definition) is 4. The first-order chi connectivity index (χ1) is 11.6. The van der Waals surface area contributed by atoms with Gasteiger partial charge in [-0.2, -0.15) is 0 Å². The second-order valence-corrected chi connectivity index (χ2v) is 6.45. The summed E-state index contributed by atoms with van der Waals surface area (Å²) in [6.07, 6.45) is 2.97. The number of nitrogens with zero attached hydrogens (tertiary/aromatic N) is 3. The maximum atomic E-state index is 12.8. The zero-order valence-electron chi connectivity index (χ0n) is 14.0. The van der Waals surface area contributed by atoms with Crippen LogP contribution in [0.2, 0.25) is 0 Å². The molecule has 2 aliphatic heterocycles. The topological polar surface area (TPSA) is 56.6 Å². The lowest BCUT2D eigenvalue weighted by Gasteiger charge is -2.20. The Morgan fingerprint density at radius 1 is 1.25 bits per heavy atom. The van der Waals surface area contributed by atoms with Crippen molar-refractivity contribution >= 4 is 5.91 Å². The normalized spacial score (nSPS) is 19.6. The number of fused-ring (bicyclic) bond motifs is 1. The number of imidazole rings is 1. The number of likely N-dealkylation sites (tertiary alicyclic amines) is 1. The minimum absolute atomic E-state index is 0.0420. The monoisotopic (exact) mass is 327 g/mol. The molecule has 1 saturated heterocycles. The van der Waals surface area contributed by atoms with Crippen molar-refractivity contribution in [1.82, 2.24) is 14.5 Å². The van der Waals surface area contributed by atoms with Crippen molar-refractivity contribution in [2.75, 3.05) is 26.3 Å². The maximum absolute atomic E-state index is 12.8. The number of aromatic nitrogens is 2. The van der Waals surface area contributed by atoms with Gasteiger partial charge in [0.25, 0.3) is 5.91 Å². The van der Waals surface area contributed by atoms with Gasteiger partial charge in [-0.1, -0.05) is 0 Å².